The van der Waals surface area contributed by atoms with Gasteiger partial charge >= 0.3 is 0 Å². The SMILES string of the molecule is N#Cc1ccccc1CN1CCc2c(N)cccc21. The van der Waals surface area contributed by atoms with Crippen molar-refractivity contribution in [2.45, 2.75) is 13.0 Å². The molecule has 1 aliphatic heterocycles. The number of nitrogen functional groups attached to an aromatic ring is 1. The molecule has 3 heteroatoms. The number of hydrogen-bond acceptors (Lipinski definition) is 3. The van der Waals surface area contributed by atoms with Crippen molar-refractivity contribution < 1.29 is 0 Å². The summed E-state index contributed by atoms with van der Waals surface area (Å²) in [4.78, 5) is 2.29. The van der Waals surface area contributed by atoms with Gasteiger partial charge in [-0.15, -0.1) is 0 Å². The number of rotatable bonds is 2. The lowest BCUT2D eigenvalue weighted by Gasteiger charge is -2.20. The Hall–Kier alpha value is -2.47. The molecule has 0 unspecified atom stereocenters. The fourth-order valence-electron chi connectivity index (χ4n) is 2.66. The molecule has 0 radical (unpaired) electrons. The van der Waals surface area contributed by atoms with Gasteiger partial charge in [0.15, 0.2) is 0 Å². The van der Waals surface area contributed by atoms with Crippen LogP contribution in [0.25, 0.3) is 0 Å². The zero-order valence-corrected chi connectivity index (χ0v) is 10.6. The Bertz CT molecular complexity index is 655. The molecule has 0 fully saturated rings. The molecule has 0 atom stereocenters. The monoisotopic (exact) mass is 249 g/mol. The van der Waals surface area contributed by atoms with E-state index in [1.165, 1.54) is 11.3 Å². The Kier molecular flexibility index (Phi) is 2.85. The first kappa shape index (κ1) is 11.6. The highest BCUT2D eigenvalue weighted by Gasteiger charge is 2.21. The quantitative estimate of drug-likeness (QED) is 0.832. The third kappa shape index (κ3) is 2.02. The number of benzene rings is 2. The van der Waals surface area contributed by atoms with E-state index in [0.717, 1.165) is 36.3 Å². The van der Waals surface area contributed by atoms with E-state index in [1.807, 2.05) is 36.4 Å². The van der Waals surface area contributed by atoms with E-state index in [-0.39, 0.29) is 0 Å². The van der Waals surface area contributed by atoms with Crippen molar-refractivity contribution in [3.63, 3.8) is 0 Å². The van der Waals surface area contributed by atoms with E-state index >= 15 is 0 Å². The fourth-order valence-corrected chi connectivity index (χ4v) is 2.66. The molecule has 2 aromatic rings. The molecule has 0 amide bonds. The maximum Gasteiger partial charge on any atom is 0.0995 e. The second kappa shape index (κ2) is 4.66. The Morgan fingerprint density at radius 3 is 2.84 bits per heavy atom. The standard InChI is InChI=1S/C16H15N3/c17-10-12-4-1-2-5-13(12)11-19-9-8-14-15(18)6-3-7-16(14)19/h1-7H,8-9,11,18H2. The van der Waals surface area contributed by atoms with Gasteiger partial charge in [-0.3, -0.25) is 0 Å². The number of nitrogens with two attached hydrogens (primary N) is 1. The van der Waals surface area contributed by atoms with Crippen molar-refractivity contribution in [1.82, 2.24) is 0 Å². The lowest BCUT2D eigenvalue weighted by molar-refractivity contribution is 0.834. The molecule has 0 spiro atoms. The van der Waals surface area contributed by atoms with Crippen LogP contribution in [0, 0.1) is 11.3 Å². The van der Waals surface area contributed by atoms with Gasteiger partial charge in [-0.05, 0) is 30.2 Å². The van der Waals surface area contributed by atoms with Crippen LogP contribution in [0.15, 0.2) is 42.5 Å². The van der Waals surface area contributed by atoms with Crippen LogP contribution in [0.3, 0.4) is 0 Å². The Balaban J connectivity index is 1.92. The van der Waals surface area contributed by atoms with Crippen molar-refractivity contribution in [2.75, 3.05) is 17.2 Å². The summed E-state index contributed by atoms with van der Waals surface area (Å²) in [5.41, 5.74) is 11.1. The molecule has 1 aliphatic rings. The average molecular weight is 249 g/mol. The molecule has 0 saturated heterocycles. The van der Waals surface area contributed by atoms with E-state index in [9.17, 15) is 0 Å². The Morgan fingerprint density at radius 1 is 1.16 bits per heavy atom. The van der Waals surface area contributed by atoms with Crippen molar-refractivity contribution >= 4 is 11.4 Å². The van der Waals surface area contributed by atoms with Crippen LogP contribution < -0.4 is 10.6 Å². The molecule has 3 nitrogen and oxygen atoms in total. The third-order valence-corrected chi connectivity index (χ3v) is 3.66. The summed E-state index contributed by atoms with van der Waals surface area (Å²) in [7, 11) is 0. The zero-order chi connectivity index (χ0) is 13.2. The Labute approximate surface area is 112 Å². The second-order valence-corrected chi connectivity index (χ2v) is 4.79. The van der Waals surface area contributed by atoms with Crippen LogP contribution in [0.5, 0.6) is 0 Å². The van der Waals surface area contributed by atoms with E-state index in [1.54, 1.807) is 0 Å². The van der Waals surface area contributed by atoms with Crippen molar-refractivity contribution in [2.24, 2.45) is 0 Å². The summed E-state index contributed by atoms with van der Waals surface area (Å²) in [6.07, 6.45) is 0.983. The summed E-state index contributed by atoms with van der Waals surface area (Å²) in [5.74, 6) is 0. The first-order valence-corrected chi connectivity index (χ1v) is 6.40. The van der Waals surface area contributed by atoms with Gasteiger partial charge in [-0.2, -0.15) is 5.26 Å². The lowest BCUT2D eigenvalue weighted by atomic mass is 10.1. The first-order valence-electron chi connectivity index (χ1n) is 6.40. The summed E-state index contributed by atoms with van der Waals surface area (Å²) in [5, 5.41) is 9.14. The van der Waals surface area contributed by atoms with Gasteiger partial charge in [0, 0.05) is 30.0 Å². The van der Waals surface area contributed by atoms with Gasteiger partial charge in [0.25, 0.3) is 0 Å². The van der Waals surface area contributed by atoms with Crippen LogP contribution >= 0.6 is 0 Å². The largest absolute Gasteiger partial charge is 0.398 e. The number of anilines is 2. The molecule has 0 bridgehead atoms. The van der Waals surface area contributed by atoms with E-state index in [2.05, 4.69) is 17.0 Å². The molecule has 0 aliphatic carbocycles. The van der Waals surface area contributed by atoms with Crippen LogP contribution in [0.4, 0.5) is 11.4 Å². The molecular weight excluding hydrogens is 234 g/mol. The summed E-state index contributed by atoms with van der Waals surface area (Å²) >= 11 is 0. The van der Waals surface area contributed by atoms with Crippen molar-refractivity contribution in [3.8, 4) is 6.07 Å². The second-order valence-electron chi connectivity index (χ2n) is 4.79. The molecule has 94 valence electrons. The van der Waals surface area contributed by atoms with Gasteiger partial charge in [0.05, 0.1) is 11.6 Å². The van der Waals surface area contributed by atoms with Crippen LogP contribution in [0.1, 0.15) is 16.7 Å². The normalized spacial score (nSPS) is 13.1. The molecule has 2 aromatic carbocycles. The molecule has 1 heterocycles. The molecule has 2 N–H and O–H groups in total. The molecule has 3 rings (SSSR count). The topological polar surface area (TPSA) is 53.0 Å². The van der Waals surface area contributed by atoms with Crippen LogP contribution in [-0.2, 0) is 13.0 Å². The van der Waals surface area contributed by atoms with Crippen molar-refractivity contribution in [3.05, 3.63) is 59.2 Å². The molecule has 0 saturated carbocycles. The highest BCUT2D eigenvalue weighted by Crippen LogP contribution is 2.33. The van der Waals surface area contributed by atoms with E-state index in [4.69, 9.17) is 11.0 Å². The highest BCUT2D eigenvalue weighted by atomic mass is 15.1. The van der Waals surface area contributed by atoms with Gasteiger partial charge < -0.3 is 10.6 Å². The molecular formula is C16H15N3. The summed E-state index contributed by atoms with van der Waals surface area (Å²) in [6, 6.07) is 16.1. The predicted octanol–water partition coefficient (Wildman–Crippen LogP) is 2.70. The van der Waals surface area contributed by atoms with Gasteiger partial charge in [0.2, 0.25) is 0 Å². The van der Waals surface area contributed by atoms with Crippen molar-refractivity contribution in [1.29, 1.82) is 5.26 Å². The maximum atomic E-state index is 9.14. The zero-order valence-electron chi connectivity index (χ0n) is 10.6. The van der Waals surface area contributed by atoms with Gasteiger partial charge in [-0.1, -0.05) is 24.3 Å². The average Bonchev–Trinajstić information content (AvgIpc) is 2.84. The van der Waals surface area contributed by atoms with Gasteiger partial charge in [-0.25, -0.2) is 0 Å². The number of nitrogens with zero attached hydrogens (tertiary/aromatic N) is 2. The molecule has 19 heavy (non-hydrogen) atoms. The van der Waals surface area contributed by atoms with Crippen LogP contribution in [-0.4, -0.2) is 6.54 Å². The summed E-state index contributed by atoms with van der Waals surface area (Å²) < 4.78 is 0. The van der Waals surface area contributed by atoms with E-state index in [0.29, 0.717) is 0 Å². The predicted molar refractivity (Wildman–Crippen MR) is 76.8 cm³/mol. The highest BCUT2D eigenvalue weighted by molar-refractivity contribution is 5.68. The fraction of sp³-hybridized carbons (Fsp3) is 0.188. The minimum Gasteiger partial charge on any atom is -0.398 e. The summed E-state index contributed by atoms with van der Waals surface area (Å²) in [6.45, 7) is 1.73. The first-order chi connectivity index (χ1) is 9.29. The smallest absolute Gasteiger partial charge is 0.0995 e. The maximum absolute atomic E-state index is 9.14. The minimum atomic E-state index is 0.750. The van der Waals surface area contributed by atoms with Gasteiger partial charge in [0.1, 0.15) is 0 Å². The van der Waals surface area contributed by atoms with E-state index < -0.39 is 0 Å². The minimum absolute atomic E-state index is 0.750. The third-order valence-electron chi connectivity index (χ3n) is 3.66. The number of fused-ring (bicyclic) bond motifs is 1. The van der Waals surface area contributed by atoms with Crippen LogP contribution in [0.2, 0.25) is 0 Å². The Morgan fingerprint density at radius 2 is 2.00 bits per heavy atom. The number of hydrogen-bond donors (Lipinski definition) is 1. The lowest BCUT2D eigenvalue weighted by Crippen LogP contribution is -2.20. The molecule has 0 aromatic heterocycles. The number of nitriles is 1.